The summed E-state index contributed by atoms with van der Waals surface area (Å²) in [5.41, 5.74) is 2.80. The summed E-state index contributed by atoms with van der Waals surface area (Å²) in [7, 11) is 0. The first kappa shape index (κ1) is 21.2. The summed E-state index contributed by atoms with van der Waals surface area (Å²) in [6.07, 6.45) is 7.22. The van der Waals surface area contributed by atoms with Crippen molar-refractivity contribution in [3.05, 3.63) is 70.5 Å². The van der Waals surface area contributed by atoms with E-state index in [0.29, 0.717) is 22.2 Å². The number of nitrogens with zero attached hydrogens (tertiary/aromatic N) is 2. The SMILES string of the molecule is CSc1cccc2[nH]c3cn(CCC4CCN(Cc5ccccc5)CC4)c(O)c3c(=O)c12. The van der Waals surface area contributed by atoms with Crippen molar-refractivity contribution >= 4 is 33.6 Å². The van der Waals surface area contributed by atoms with Crippen LogP contribution in [0.3, 0.4) is 0 Å². The third kappa shape index (κ3) is 4.05. The molecule has 166 valence electrons. The van der Waals surface area contributed by atoms with E-state index in [0.717, 1.165) is 43.0 Å². The second-order valence-corrected chi connectivity index (χ2v) is 9.61. The zero-order valence-electron chi connectivity index (χ0n) is 18.4. The normalized spacial score (nSPS) is 15.7. The Morgan fingerprint density at radius 3 is 2.56 bits per heavy atom. The number of fused-ring (bicyclic) bond motifs is 2. The molecule has 3 heterocycles. The lowest BCUT2D eigenvalue weighted by atomic mass is 9.93. The van der Waals surface area contributed by atoms with Gasteiger partial charge in [0.2, 0.25) is 11.3 Å². The molecule has 0 bridgehead atoms. The van der Waals surface area contributed by atoms with Gasteiger partial charge in [0.05, 0.1) is 16.4 Å². The summed E-state index contributed by atoms with van der Waals surface area (Å²) in [4.78, 5) is 20.0. The summed E-state index contributed by atoms with van der Waals surface area (Å²) in [6.45, 7) is 3.97. The molecule has 6 heteroatoms. The number of pyridine rings is 1. The molecule has 0 atom stereocenters. The highest BCUT2D eigenvalue weighted by atomic mass is 32.2. The van der Waals surface area contributed by atoms with Crippen molar-refractivity contribution < 1.29 is 5.11 Å². The number of aromatic amines is 1. The number of hydrogen-bond acceptors (Lipinski definition) is 4. The summed E-state index contributed by atoms with van der Waals surface area (Å²) >= 11 is 1.55. The van der Waals surface area contributed by atoms with Crippen LogP contribution in [0.2, 0.25) is 0 Å². The van der Waals surface area contributed by atoms with Crippen LogP contribution in [0.25, 0.3) is 21.8 Å². The predicted molar refractivity (Wildman–Crippen MR) is 133 cm³/mol. The van der Waals surface area contributed by atoms with Crippen molar-refractivity contribution in [2.75, 3.05) is 19.3 Å². The van der Waals surface area contributed by atoms with Crippen LogP contribution in [-0.2, 0) is 13.1 Å². The molecule has 0 aliphatic carbocycles. The first-order valence-corrected chi connectivity index (χ1v) is 12.5. The standard InChI is InChI=1S/C26H29N3O2S/c1-32-22-9-5-8-20-23(22)25(30)24-21(27-20)17-29(26(24)31)15-12-18-10-13-28(14-11-18)16-19-6-3-2-4-7-19/h2-9,17-18,27,31H,10-16H2,1H3. The van der Waals surface area contributed by atoms with Crippen molar-refractivity contribution in [3.63, 3.8) is 0 Å². The van der Waals surface area contributed by atoms with E-state index in [1.807, 2.05) is 35.2 Å². The quantitative estimate of drug-likeness (QED) is 0.398. The first-order chi connectivity index (χ1) is 15.6. The Morgan fingerprint density at radius 1 is 1.03 bits per heavy atom. The summed E-state index contributed by atoms with van der Waals surface area (Å²) in [6, 6.07) is 16.5. The smallest absolute Gasteiger partial charge is 0.204 e. The van der Waals surface area contributed by atoms with Gasteiger partial charge in [-0.2, -0.15) is 0 Å². The van der Waals surface area contributed by atoms with Gasteiger partial charge in [0.1, 0.15) is 5.39 Å². The Morgan fingerprint density at radius 2 is 1.81 bits per heavy atom. The highest BCUT2D eigenvalue weighted by Crippen LogP contribution is 2.30. The van der Waals surface area contributed by atoms with Crippen LogP contribution in [0.4, 0.5) is 0 Å². The number of aryl methyl sites for hydroxylation is 1. The van der Waals surface area contributed by atoms with Crippen molar-refractivity contribution in [2.45, 2.75) is 37.2 Å². The zero-order chi connectivity index (χ0) is 22.1. The molecule has 2 N–H and O–H groups in total. The van der Waals surface area contributed by atoms with Gasteiger partial charge >= 0.3 is 0 Å². The van der Waals surface area contributed by atoms with Gasteiger partial charge in [-0.15, -0.1) is 11.8 Å². The Bertz CT molecular complexity index is 1290. The molecular formula is C26H29N3O2S. The zero-order valence-corrected chi connectivity index (χ0v) is 19.2. The maximum Gasteiger partial charge on any atom is 0.204 e. The van der Waals surface area contributed by atoms with Crippen molar-refractivity contribution in [1.29, 1.82) is 0 Å². The molecule has 5 nitrogen and oxygen atoms in total. The number of H-pyrrole nitrogens is 1. The number of aromatic hydroxyl groups is 1. The van der Waals surface area contributed by atoms with Gasteiger partial charge in [0.25, 0.3) is 0 Å². The largest absolute Gasteiger partial charge is 0.494 e. The third-order valence-corrected chi connectivity index (χ3v) is 7.53. The van der Waals surface area contributed by atoms with E-state index in [1.54, 1.807) is 11.8 Å². The minimum atomic E-state index is -0.0934. The third-order valence-electron chi connectivity index (χ3n) is 6.75. The van der Waals surface area contributed by atoms with Gasteiger partial charge in [-0.1, -0.05) is 36.4 Å². The van der Waals surface area contributed by atoms with Crippen LogP contribution in [-0.4, -0.2) is 38.9 Å². The molecule has 1 saturated heterocycles. The van der Waals surface area contributed by atoms with Gasteiger partial charge in [0.15, 0.2) is 0 Å². The molecule has 4 aromatic rings. The monoisotopic (exact) mass is 447 g/mol. The van der Waals surface area contributed by atoms with Gasteiger partial charge < -0.3 is 14.7 Å². The van der Waals surface area contributed by atoms with Crippen LogP contribution >= 0.6 is 11.8 Å². The molecule has 0 amide bonds. The molecule has 1 fully saturated rings. The average molecular weight is 448 g/mol. The second kappa shape index (κ2) is 9.04. The molecule has 0 spiro atoms. The fourth-order valence-corrected chi connectivity index (χ4v) is 5.56. The lowest BCUT2D eigenvalue weighted by molar-refractivity contribution is 0.168. The average Bonchev–Trinajstić information content (AvgIpc) is 3.14. The number of aromatic nitrogens is 2. The van der Waals surface area contributed by atoms with E-state index >= 15 is 0 Å². The molecule has 0 unspecified atom stereocenters. The number of thioether (sulfide) groups is 1. The lowest BCUT2D eigenvalue weighted by Gasteiger charge is -2.32. The van der Waals surface area contributed by atoms with E-state index in [1.165, 1.54) is 18.4 Å². The Balaban J connectivity index is 1.28. The minimum Gasteiger partial charge on any atom is -0.494 e. The lowest BCUT2D eigenvalue weighted by Crippen LogP contribution is -2.33. The number of piperidine rings is 1. The van der Waals surface area contributed by atoms with Gasteiger partial charge in [0, 0.05) is 24.2 Å². The van der Waals surface area contributed by atoms with Gasteiger partial charge in [-0.05, 0) is 62.2 Å². The molecule has 1 aliphatic rings. The Hall–Kier alpha value is -2.70. The molecule has 2 aromatic heterocycles. The number of likely N-dealkylation sites (tertiary alicyclic amines) is 1. The molecule has 32 heavy (non-hydrogen) atoms. The first-order valence-electron chi connectivity index (χ1n) is 11.3. The maximum atomic E-state index is 13.2. The second-order valence-electron chi connectivity index (χ2n) is 8.77. The predicted octanol–water partition coefficient (Wildman–Crippen LogP) is 5.21. The van der Waals surface area contributed by atoms with Gasteiger partial charge in [-0.25, -0.2) is 0 Å². The highest BCUT2D eigenvalue weighted by molar-refractivity contribution is 7.98. The van der Waals surface area contributed by atoms with Crippen LogP contribution < -0.4 is 5.43 Å². The Kier molecular flexibility index (Phi) is 5.98. The van der Waals surface area contributed by atoms with E-state index in [9.17, 15) is 9.90 Å². The molecule has 1 aliphatic heterocycles. The topological polar surface area (TPSA) is 61.3 Å². The number of hydrogen-bond donors (Lipinski definition) is 2. The van der Waals surface area contributed by atoms with Crippen molar-refractivity contribution in [1.82, 2.24) is 14.5 Å². The van der Waals surface area contributed by atoms with E-state index in [-0.39, 0.29) is 11.3 Å². The van der Waals surface area contributed by atoms with Crippen LogP contribution in [0, 0.1) is 5.92 Å². The van der Waals surface area contributed by atoms with Crippen molar-refractivity contribution in [3.8, 4) is 5.88 Å². The van der Waals surface area contributed by atoms with E-state index in [2.05, 4.69) is 40.2 Å². The number of rotatable bonds is 6. The summed E-state index contributed by atoms with van der Waals surface area (Å²) in [5, 5.41) is 11.9. The molecule has 5 rings (SSSR count). The van der Waals surface area contributed by atoms with Crippen LogP contribution in [0.5, 0.6) is 5.88 Å². The van der Waals surface area contributed by atoms with Crippen LogP contribution in [0.1, 0.15) is 24.8 Å². The molecule has 0 saturated carbocycles. The molecular weight excluding hydrogens is 418 g/mol. The van der Waals surface area contributed by atoms with Gasteiger partial charge in [-0.3, -0.25) is 9.69 Å². The number of nitrogens with one attached hydrogen (secondary N) is 1. The minimum absolute atomic E-state index is 0.0839. The summed E-state index contributed by atoms with van der Waals surface area (Å²) in [5.74, 6) is 0.727. The Labute approximate surface area is 192 Å². The van der Waals surface area contributed by atoms with E-state index in [4.69, 9.17) is 0 Å². The fourth-order valence-electron chi connectivity index (χ4n) is 4.94. The van der Waals surface area contributed by atoms with E-state index < -0.39 is 0 Å². The molecule has 2 aromatic carbocycles. The maximum absolute atomic E-state index is 13.2. The summed E-state index contributed by atoms with van der Waals surface area (Å²) < 4.78 is 1.84. The highest BCUT2D eigenvalue weighted by Gasteiger charge is 2.21. The molecule has 0 radical (unpaired) electrons. The van der Waals surface area contributed by atoms with Crippen LogP contribution in [0.15, 0.2) is 64.4 Å². The van der Waals surface area contributed by atoms with Crippen molar-refractivity contribution in [2.24, 2.45) is 5.92 Å². The number of benzene rings is 2. The fraction of sp³-hybridized carbons (Fsp3) is 0.346.